The van der Waals surface area contributed by atoms with Crippen molar-refractivity contribution < 1.29 is 4.92 Å². The Morgan fingerprint density at radius 1 is 1.50 bits per heavy atom. The minimum atomic E-state index is -0.589. The number of pyridine rings is 1. The number of nitrogens with two attached hydrogens (primary N) is 2. The van der Waals surface area contributed by atoms with Gasteiger partial charge in [-0.3, -0.25) is 10.1 Å². The van der Waals surface area contributed by atoms with E-state index in [0.717, 1.165) is 0 Å². The first-order valence-corrected chi connectivity index (χ1v) is 3.19. The first-order valence-electron chi connectivity index (χ1n) is 3.19. The van der Waals surface area contributed by atoms with Gasteiger partial charge in [-0.25, -0.2) is 4.98 Å². The largest absolute Gasteiger partial charge is 0.383 e. The van der Waals surface area contributed by atoms with E-state index in [4.69, 9.17) is 11.5 Å². The molecular formula is C6H8N4O2. The Morgan fingerprint density at radius 2 is 2.08 bits per heavy atom. The summed E-state index contributed by atoms with van der Waals surface area (Å²) < 4.78 is 0. The van der Waals surface area contributed by atoms with Gasteiger partial charge < -0.3 is 11.5 Å². The molecule has 0 fully saturated rings. The van der Waals surface area contributed by atoms with Crippen molar-refractivity contribution in [3.8, 4) is 0 Å². The molecule has 0 aliphatic heterocycles. The van der Waals surface area contributed by atoms with Gasteiger partial charge >= 0.3 is 5.69 Å². The van der Waals surface area contributed by atoms with Crippen LogP contribution in [0.2, 0.25) is 0 Å². The van der Waals surface area contributed by atoms with Gasteiger partial charge in [-0.1, -0.05) is 0 Å². The maximum absolute atomic E-state index is 10.3. The molecule has 1 aromatic heterocycles. The molecule has 0 saturated carbocycles. The van der Waals surface area contributed by atoms with E-state index in [1.54, 1.807) is 6.92 Å². The second-order valence-corrected chi connectivity index (χ2v) is 2.35. The van der Waals surface area contributed by atoms with Crippen LogP contribution in [0.25, 0.3) is 0 Å². The van der Waals surface area contributed by atoms with Crippen molar-refractivity contribution in [2.24, 2.45) is 0 Å². The van der Waals surface area contributed by atoms with Crippen LogP contribution in [0.4, 0.5) is 17.3 Å². The highest BCUT2D eigenvalue weighted by Gasteiger charge is 2.13. The summed E-state index contributed by atoms with van der Waals surface area (Å²) in [4.78, 5) is 13.3. The van der Waals surface area contributed by atoms with E-state index in [1.165, 1.54) is 6.07 Å². The first kappa shape index (κ1) is 8.25. The third-order valence-corrected chi connectivity index (χ3v) is 1.46. The summed E-state index contributed by atoms with van der Waals surface area (Å²) in [7, 11) is 0. The van der Waals surface area contributed by atoms with Crippen molar-refractivity contribution in [1.29, 1.82) is 0 Å². The topological polar surface area (TPSA) is 108 Å². The van der Waals surface area contributed by atoms with Crippen LogP contribution in [0.15, 0.2) is 6.07 Å². The molecule has 0 aromatic carbocycles. The second-order valence-electron chi connectivity index (χ2n) is 2.35. The third-order valence-electron chi connectivity index (χ3n) is 1.46. The molecular weight excluding hydrogens is 160 g/mol. The lowest BCUT2D eigenvalue weighted by Gasteiger charge is -2.00. The van der Waals surface area contributed by atoms with Crippen LogP contribution in [-0.2, 0) is 0 Å². The molecule has 1 aromatic rings. The molecule has 1 heterocycles. The first-order chi connectivity index (χ1) is 5.52. The molecule has 0 atom stereocenters. The maximum atomic E-state index is 10.3. The highest BCUT2D eigenvalue weighted by molar-refractivity contribution is 5.59. The smallest absolute Gasteiger partial charge is 0.311 e. The van der Waals surface area contributed by atoms with Crippen LogP contribution in [0.5, 0.6) is 0 Å². The van der Waals surface area contributed by atoms with Gasteiger partial charge in [0.05, 0.1) is 4.92 Å². The molecule has 0 radical (unpaired) electrons. The van der Waals surface area contributed by atoms with Gasteiger partial charge in [-0.15, -0.1) is 0 Å². The number of hydrogen-bond donors (Lipinski definition) is 2. The van der Waals surface area contributed by atoms with E-state index in [1.807, 2.05) is 0 Å². The minimum absolute atomic E-state index is 0.150. The zero-order valence-electron chi connectivity index (χ0n) is 6.44. The Kier molecular flexibility index (Phi) is 1.82. The van der Waals surface area contributed by atoms with E-state index in [9.17, 15) is 10.1 Å². The molecule has 0 spiro atoms. The fourth-order valence-corrected chi connectivity index (χ4v) is 0.774. The minimum Gasteiger partial charge on any atom is -0.383 e. The van der Waals surface area contributed by atoms with E-state index in [0.29, 0.717) is 5.56 Å². The van der Waals surface area contributed by atoms with Gasteiger partial charge in [0, 0.05) is 6.07 Å². The quantitative estimate of drug-likeness (QED) is 0.467. The predicted octanol–water partition coefficient (Wildman–Crippen LogP) is 0.463. The summed E-state index contributed by atoms with van der Waals surface area (Å²) in [6.07, 6.45) is 0. The Balaban J connectivity index is 3.33. The van der Waals surface area contributed by atoms with Gasteiger partial charge in [-0.2, -0.15) is 0 Å². The second kappa shape index (κ2) is 2.65. The van der Waals surface area contributed by atoms with E-state index in [2.05, 4.69) is 4.98 Å². The lowest BCUT2D eigenvalue weighted by atomic mass is 10.2. The number of hydrogen-bond acceptors (Lipinski definition) is 5. The summed E-state index contributed by atoms with van der Waals surface area (Å²) in [6, 6.07) is 1.30. The number of nitrogen functional groups attached to an aromatic ring is 2. The molecule has 0 bridgehead atoms. The van der Waals surface area contributed by atoms with Crippen molar-refractivity contribution in [2.75, 3.05) is 11.5 Å². The normalized spacial score (nSPS) is 9.75. The van der Waals surface area contributed by atoms with Gasteiger partial charge in [0.1, 0.15) is 5.82 Å². The van der Waals surface area contributed by atoms with Crippen molar-refractivity contribution in [3.05, 3.63) is 21.7 Å². The summed E-state index contributed by atoms with van der Waals surface area (Å²) in [6.45, 7) is 1.63. The van der Waals surface area contributed by atoms with E-state index < -0.39 is 4.92 Å². The van der Waals surface area contributed by atoms with Crippen molar-refractivity contribution in [3.63, 3.8) is 0 Å². The van der Waals surface area contributed by atoms with Gasteiger partial charge in [0.2, 0.25) is 5.82 Å². The Labute approximate surface area is 68.3 Å². The number of nitrogens with zero attached hydrogens (tertiary/aromatic N) is 2. The van der Waals surface area contributed by atoms with Crippen molar-refractivity contribution >= 4 is 17.3 Å². The standard InChI is InChI=1S/C6H8N4O2/c1-3-2-4(10(11)12)6(8)9-5(3)7/h2H,1H3,(H4,7,8,9). The fraction of sp³-hybridized carbons (Fsp3) is 0.167. The molecule has 6 nitrogen and oxygen atoms in total. The molecule has 64 valence electrons. The lowest BCUT2D eigenvalue weighted by Crippen LogP contribution is -2.03. The van der Waals surface area contributed by atoms with Crippen LogP contribution in [0.1, 0.15) is 5.56 Å². The SMILES string of the molecule is Cc1cc([N+](=O)[O-])c(N)nc1N. The Morgan fingerprint density at radius 3 is 2.58 bits per heavy atom. The lowest BCUT2D eigenvalue weighted by molar-refractivity contribution is -0.384. The maximum Gasteiger partial charge on any atom is 0.311 e. The monoisotopic (exact) mass is 168 g/mol. The Hall–Kier alpha value is -1.85. The fourth-order valence-electron chi connectivity index (χ4n) is 0.774. The summed E-state index contributed by atoms with van der Waals surface area (Å²) in [5.41, 5.74) is 11.0. The van der Waals surface area contributed by atoms with Crippen LogP contribution < -0.4 is 11.5 Å². The van der Waals surface area contributed by atoms with Crippen molar-refractivity contribution in [1.82, 2.24) is 4.98 Å². The van der Waals surface area contributed by atoms with E-state index >= 15 is 0 Å². The zero-order valence-corrected chi connectivity index (χ0v) is 6.44. The average Bonchev–Trinajstić information content (AvgIpc) is 1.96. The third kappa shape index (κ3) is 1.26. The van der Waals surface area contributed by atoms with Gasteiger partial charge in [0.15, 0.2) is 0 Å². The molecule has 0 unspecified atom stereocenters. The molecule has 6 heteroatoms. The van der Waals surface area contributed by atoms with Crippen LogP contribution in [-0.4, -0.2) is 9.91 Å². The summed E-state index contributed by atoms with van der Waals surface area (Å²) >= 11 is 0. The molecule has 0 aliphatic carbocycles. The molecule has 0 amide bonds. The number of aromatic nitrogens is 1. The van der Waals surface area contributed by atoms with Gasteiger partial charge in [-0.05, 0) is 12.5 Å². The number of rotatable bonds is 1. The predicted molar refractivity (Wildman–Crippen MR) is 44.5 cm³/mol. The van der Waals surface area contributed by atoms with Crippen LogP contribution in [0.3, 0.4) is 0 Å². The van der Waals surface area contributed by atoms with E-state index in [-0.39, 0.29) is 17.3 Å². The average molecular weight is 168 g/mol. The van der Waals surface area contributed by atoms with Crippen LogP contribution >= 0.6 is 0 Å². The zero-order chi connectivity index (χ0) is 9.30. The molecule has 1 rings (SSSR count). The molecule has 12 heavy (non-hydrogen) atoms. The number of anilines is 2. The number of nitro groups is 1. The Bertz CT molecular complexity index is 337. The molecule has 0 aliphatic rings. The highest BCUT2D eigenvalue weighted by Crippen LogP contribution is 2.22. The van der Waals surface area contributed by atoms with Crippen LogP contribution in [0, 0.1) is 17.0 Å². The number of aryl methyl sites for hydroxylation is 1. The molecule has 4 N–H and O–H groups in total. The summed E-state index contributed by atoms with van der Waals surface area (Å²) in [5.74, 6) is 0.0706. The summed E-state index contributed by atoms with van der Waals surface area (Å²) in [5, 5.41) is 10.3. The van der Waals surface area contributed by atoms with Crippen molar-refractivity contribution in [2.45, 2.75) is 6.92 Å². The molecule has 0 saturated heterocycles. The highest BCUT2D eigenvalue weighted by atomic mass is 16.6. The van der Waals surface area contributed by atoms with Gasteiger partial charge in [0.25, 0.3) is 0 Å².